The third-order valence-electron chi connectivity index (χ3n) is 5.48. The first kappa shape index (κ1) is 15.4. The average molecular weight is 308 g/mol. The summed E-state index contributed by atoms with van der Waals surface area (Å²) >= 11 is 1.80. The van der Waals surface area contributed by atoms with Crippen LogP contribution in [0.2, 0.25) is 0 Å². The molecule has 1 spiro atoms. The number of rotatable bonds is 3. The summed E-state index contributed by atoms with van der Waals surface area (Å²) in [5, 5.41) is 7.32. The van der Waals surface area contributed by atoms with Gasteiger partial charge in [-0.1, -0.05) is 33.1 Å². The first-order valence-electron chi connectivity index (χ1n) is 8.51. The highest BCUT2D eigenvalue weighted by atomic mass is 32.1. The lowest BCUT2D eigenvalue weighted by atomic mass is 9.78. The van der Waals surface area contributed by atoms with Crippen LogP contribution >= 0.6 is 11.3 Å². The summed E-state index contributed by atoms with van der Waals surface area (Å²) in [6.07, 6.45) is 8.83. The molecule has 2 aliphatic rings. The molecule has 1 aliphatic heterocycles. The average Bonchev–Trinajstić information content (AvgIpc) is 3.01. The molecule has 3 rings (SSSR count). The molecule has 0 bridgehead atoms. The Morgan fingerprint density at radius 1 is 1.29 bits per heavy atom. The summed E-state index contributed by atoms with van der Waals surface area (Å²) in [4.78, 5) is 7.32. The molecule has 0 amide bonds. The van der Waals surface area contributed by atoms with Crippen molar-refractivity contribution >= 4 is 11.3 Å². The second-order valence-electron chi connectivity index (χ2n) is 7.25. The fourth-order valence-electron chi connectivity index (χ4n) is 4.15. The van der Waals surface area contributed by atoms with Crippen molar-refractivity contribution in [2.45, 2.75) is 70.5 Å². The third-order valence-corrected chi connectivity index (χ3v) is 6.43. The monoisotopic (exact) mass is 307 g/mol. The van der Waals surface area contributed by atoms with Crippen LogP contribution in [0, 0.1) is 5.92 Å². The quantitative estimate of drug-likeness (QED) is 0.919. The molecule has 1 N–H and O–H groups in total. The van der Waals surface area contributed by atoms with Gasteiger partial charge in [-0.3, -0.25) is 4.90 Å². The van der Waals surface area contributed by atoms with E-state index < -0.39 is 0 Å². The van der Waals surface area contributed by atoms with Gasteiger partial charge in [0.2, 0.25) is 0 Å². The Balaban J connectivity index is 1.81. The molecule has 0 aromatic carbocycles. The van der Waals surface area contributed by atoms with Crippen LogP contribution in [-0.2, 0) is 0 Å². The van der Waals surface area contributed by atoms with Crippen LogP contribution in [0.25, 0.3) is 0 Å². The van der Waals surface area contributed by atoms with Crippen molar-refractivity contribution in [1.82, 2.24) is 15.2 Å². The summed E-state index contributed by atoms with van der Waals surface area (Å²) in [6.45, 7) is 9.37. The van der Waals surface area contributed by atoms with E-state index in [-0.39, 0.29) is 0 Å². The van der Waals surface area contributed by atoms with Crippen LogP contribution in [-0.4, -0.2) is 34.6 Å². The first-order chi connectivity index (χ1) is 10.1. The number of hydrogen-bond acceptors (Lipinski definition) is 4. The number of nitrogens with zero attached hydrogens (tertiary/aromatic N) is 2. The molecule has 0 radical (unpaired) electrons. The predicted molar refractivity (Wildman–Crippen MR) is 89.7 cm³/mol. The molecule has 1 aromatic heterocycles. The maximum Gasteiger partial charge on any atom is 0.109 e. The Labute approximate surface area is 133 Å². The molecule has 4 heteroatoms. The van der Waals surface area contributed by atoms with Crippen molar-refractivity contribution in [2.75, 3.05) is 13.1 Å². The van der Waals surface area contributed by atoms with E-state index in [0.29, 0.717) is 23.5 Å². The highest BCUT2D eigenvalue weighted by molar-refractivity contribution is 7.09. The van der Waals surface area contributed by atoms with Crippen molar-refractivity contribution in [2.24, 2.45) is 5.92 Å². The van der Waals surface area contributed by atoms with Crippen molar-refractivity contribution in [1.29, 1.82) is 0 Å². The smallest absolute Gasteiger partial charge is 0.109 e. The van der Waals surface area contributed by atoms with Gasteiger partial charge < -0.3 is 5.32 Å². The molecule has 2 atom stereocenters. The zero-order valence-corrected chi connectivity index (χ0v) is 14.5. The molecule has 1 saturated heterocycles. The number of thiazole rings is 1. The van der Waals surface area contributed by atoms with Gasteiger partial charge in [-0.25, -0.2) is 4.98 Å². The second kappa shape index (κ2) is 6.35. The Hall–Kier alpha value is -0.450. The molecule has 118 valence electrons. The topological polar surface area (TPSA) is 28.2 Å². The van der Waals surface area contributed by atoms with Crippen LogP contribution in [0.1, 0.15) is 63.9 Å². The van der Waals surface area contributed by atoms with Crippen molar-refractivity contribution in [3.63, 3.8) is 0 Å². The highest BCUT2D eigenvalue weighted by Gasteiger charge is 2.42. The van der Waals surface area contributed by atoms with E-state index in [2.05, 4.69) is 41.4 Å². The molecular formula is C17H29N3S. The molecule has 21 heavy (non-hydrogen) atoms. The summed E-state index contributed by atoms with van der Waals surface area (Å²) in [7, 11) is 0. The van der Waals surface area contributed by atoms with Crippen LogP contribution in [0.3, 0.4) is 0 Å². The van der Waals surface area contributed by atoms with Gasteiger partial charge in [0, 0.05) is 36.2 Å². The molecule has 1 saturated carbocycles. The standard InChI is InChI=1S/C17H29N3S/c1-13(2)15-11-19-17(7-5-4-6-8-17)12-20(15)14(3)16-18-9-10-21-16/h9-10,13-15,19H,4-8,11-12H2,1-3H3. The summed E-state index contributed by atoms with van der Waals surface area (Å²) in [5.41, 5.74) is 0.370. The van der Waals surface area contributed by atoms with Crippen LogP contribution in [0.5, 0.6) is 0 Å². The van der Waals surface area contributed by atoms with Gasteiger partial charge in [0.25, 0.3) is 0 Å². The van der Waals surface area contributed by atoms with Gasteiger partial charge in [0.15, 0.2) is 0 Å². The van der Waals surface area contributed by atoms with E-state index in [1.165, 1.54) is 43.7 Å². The molecule has 1 aromatic rings. The summed E-state index contributed by atoms with van der Waals surface area (Å²) in [5.74, 6) is 0.681. The van der Waals surface area contributed by atoms with Crippen molar-refractivity contribution in [3.05, 3.63) is 16.6 Å². The van der Waals surface area contributed by atoms with Crippen LogP contribution in [0.4, 0.5) is 0 Å². The Morgan fingerprint density at radius 3 is 2.67 bits per heavy atom. The van der Waals surface area contributed by atoms with E-state index in [4.69, 9.17) is 0 Å². The first-order valence-corrected chi connectivity index (χ1v) is 9.39. The van der Waals surface area contributed by atoms with Gasteiger partial charge in [-0.05, 0) is 25.7 Å². The number of aromatic nitrogens is 1. The maximum absolute atomic E-state index is 4.58. The van der Waals surface area contributed by atoms with Crippen LogP contribution < -0.4 is 5.32 Å². The summed E-state index contributed by atoms with van der Waals surface area (Å²) < 4.78 is 0. The van der Waals surface area contributed by atoms with Gasteiger partial charge in [0.05, 0.1) is 6.04 Å². The fraction of sp³-hybridized carbons (Fsp3) is 0.824. The highest BCUT2D eigenvalue weighted by Crippen LogP contribution is 2.37. The third kappa shape index (κ3) is 3.17. The molecule has 2 fully saturated rings. The van der Waals surface area contributed by atoms with E-state index >= 15 is 0 Å². The second-order valence-corrected chi connectivity index (χ2v) is 8.18. The van der Waals surface area contributed by atoms with Crippen molar-refractivity contribution in [3.8, 4) is 0 Å². The molecular weight excluding hydrogens is 278 g/mol. The zero-order valence-electron chi connectivity index (χ0n) is 13.6. The molecule has 2 heterocycles. The van der Waals surface area contributed by atoms with E-state index in [1.807, 2.05) is 6.20 Å². The number of nitrogens with one attached hydrogen (secondary N) is 1. The number of piperazine rings is 1. The maximum atomic E-state index is 4.58. The van der Waals surface area contributed by atoms with E-state index in [0.717, 1.165) is 6.54 Å². The molecule has 1 aliphatic carbocycles. The molecule has 3 nitrogen and oxygen atoms in total. The lowest BCUT2D eigenvalue weighted by molar-refractivity contribution is 0.0101. The van der Waals surface area contributed by atoms with Gasteiger partial charge in [0.1, 0.15) is 5.01 Å². The lowest BCUT2D eigenvalue weighted by Gasteiger charge is -2.52. The van der Waals surface area contributed by atoms with Gasteiger partial charge >= 0.3 is 0 Å². The minimum atomic E-state index is 0.370. The SMILES string of the molecule is CC(C)C1CNC2(CCCCC2)CN1C(C)c1nccs1. The van der Waals surface area contributed by atoms with Crippen molar-refractivity contribution < 1.29 is 0 Å². The van der Waals surface area contributed by atoms with Gasteiger partial charge in [-0.2, -0.15) is 0 Å². The lowest BCUT2D eigenvalue weighted by Crippen LogP contribution is -2.66. The minimum absolute atomic E-state index is 0.370. The fourth-order valence-corrected chi connectivity index (χ4v) is 4.87. The Bertz CT molecular complexity index is 437. The normalized spacial score (nSPS) is 28.1. The number of hydrogen-bond donors (Lipinski definition) is 1. The molecule has 2 unspecified atom stereocenters. The van der Waals surface area contributed by atoms with Crippen LogP contribution in [0.15, 0.2) is 11.6 Å². The van der Waals surface area contributed by atoms with Gasteiger partial charge in [-0.15, -0.1) is 11.3 Å². The Kier molecular flexibility index (Phi) is 4.67. The Morgan fingerprint density at radius 2 is 2.05 bits per heavy atom. The zero-order chi connectivity index (χ0) is 14.9. The summed E-state index contributed by atoms with van der Waals surface area (Å²) in [6, 6.07) is 1.06. The predicted octanol–water partition coefficient (Wildman–Crippen LogP) is 3.84. The minimum Gasteiger partial charge on any atom is -0.308 e. The van der Waals surface area contributed by atoms with E-state index in [1.54, 1.807) is 11.3 Å². The van der Waals surface area contributed by atoms with E-state index in [9.17, 15) is 0 Å². The largest absolute Gasteiger partial charge is 0.308 e.